The first-order valence-corrected chi connectivity index (χ1v) is 7.54. The van der Waals surface area contributed by atoms with Crippen LogP contribution in [0.2, 0.25) is 0 Å². The molecule has 1 aromatic carbocycles. The molecule has 1 rings (SSSR count). The lowest BCUT2D eigenvalue weighted by Gasteiger charge is -2.26. The molecule has 114 valence electrons. The van der Waals surface area contributed by atoms with Crippen LogP contribution in [0.1, 0.15) is 36.7 Å². The first-order chi connectivity index (χ1) is 9.77. The molecule has 2 N–H and O–H groups in total. The molecule has 0 radical (unpaired) electrons. The number of ether oxygens (including phenoxy) is 1. The first kappa shape index (κ1) is 17.3. The van der Waals surface area contributed by atoms with Gasteiger partial charge in [0.15, 0.2) is 5.78 Å². The van der Waals surface area contributed by atoms with Crippen molar-refractivity contribution in [2.75, 3.05) is 24.3 Å². The molecule has 21 heavy (non-hydrogen) atoms. The molecule has 0 aliphatic heterocycles. The third-order valence-corrected chi connectivity index (χ3v) is 3.50. The van der Waals surface area contributed by atoms with E-state index in [-0.39, 0.29) is 29.0 Å². The number of phenolic OH excluding ortho intramolecular Hbond substituents is 1. The third-order valence-electron chi connectivity index (χ3n) is 2.99. The molecule has 0 saturated carbocycles. The number of hydrogen-bond donors (Lipinski definition) is 2. The quantitative estimate of drug-likeness (QED) is 0.367. The molecule has 0 saturated heterocycles. The average molecular weight is 355 g/mol. The Morgan fingerprint density at radius 2 is 2.14 bits per heavy atom. The Hall–Kier alpha value is -1.74. The van der Waals surface area contributed by atoms with Gasteiger partial charge in [-0.1, -0.05) is 36.7 Å². The van der Waals surface area contributed by atoms with E-state index in [4.69, 9.17) is 10.00 Å². The minimum absolute atomic E-state index is 0.0761. The minimum atomic E-state index is -0.429. The number of carbonyl (C=O) groups is 1. The van der Waals surface area contributed by atoms with Crippen LogP contribution in [0.5, 0.6) is 11.5 Å². The van der Waals surface area contributed by atoms with E-state index in [1.165, 1.54) is 13.2 Å². The van der Waals surface area contributed by atoms with Crippen LogP contribution in [-0.4, -0.2) is 29.9 Å². The predicted molar refractivity (Wildman–Crippen MR) is 85.6 cm³/mol. The number of halogens is 1. The van der Waals surface area contributed by atoms with E-state index >= 15 is 0 Å². The van der Waals surface area contributed by atoms with Crippen LogP contribution in [0.15, 0.2) is 6.07 Å². The van der Waals surface area contributed by atoms with Gasteiger partial charge in [0, 0.05) is 5.56 Å². The van der Waals surface area contributed by atoms with Gasteiger partial charge in [-0.25, -0.2) is 0 Å². The fourth-order valence-electron chi connectivity index (χ4n) is 2.11. The van der Waals surface area contributed by atoms with Crippen molar-refractivity contribution >= 4 is 27.4 Å². The smallest absolute Gasteiger partial charge is 0.177 e. The monoisotopic (exact) mass is 354 g/mol. The number of benzene rings is 1. The van der Waals surface area contributed by atoms with Gasteiger partial charge in [0.25, 0.3) is 0 Å². The van der Waals surface area contributed by atoms with Crippen molar-refractivity contribution in [2.45, 2.75) is 26.2 Å². The predicted octanol–water partition coefficient (Wildman–Crippen LogP) is 3.21. The summed E-state index contributed by atoms with van der Waals surface area (Å²) in [6, 6.07) is 3.50. The normalized spacial score (nSPS) is 10.9. The van der Waals surface area contributed by atoms with Crippen molar-refractivity contribution in [3.8, 4) is 17.6 Å². The minimum Gasteiger partial charge on any atom is -0.507 e. The molecule has 0 bridgehead atoms. The van der Waals surface area contributed by atoms with Gasteiger partial charge in [-0.15, -0.1) is 0 Å². The molecule has 6 heteroatoms. The van der Waals surface area contributed by atoms with Gasteiger partial charge in [0.1, 0.15) is 18.0 Å². The van der Waals surface area contributed by atoms with Gasteiger partial charge >= 0.3 is 0 Å². The van der Waals surface area contributed by atoms with Crippen LogP contribution < -0.4 is 10.1 Å². The number of Topliss-reactive ketones (excluding diaryl/α,β-unsaturated/α-hetero) is 1. The Morgan fingerprint density at radius 3 is 2.57 bits per heavy atom. The molecule has 1 aromatic rings. The zero-order valence-corrected chi connectivity index (χ0v) is 14.2. The van der Waals surface area contributed by atoms with Gasteiger partial charge < -0.3 is 15.2 Å². The highest BCUT2D eigenvalue weighted by atomic mass is 79.9. The zero-order valence-electron chi connectivity index (χ0n) is 12.6. The standard InChI is InChI=1S/C15H19BrN2O3/c1-15(2,3)12-13(20)9(11(19)8-16)7-10(14(12)21-4)18-6-5-17/h7,18,20H,6,8H2,1-4H3. The lowest BCUT2D eigenvalue weighted by Crippen LogP contribution is -2.17. The van der Waals surface area contributed by atoms with E-state index in [2.05, 4.69) is 21.2 Å². The van der Waals surface area contributed by atoms with E-state index in [1.807, 2.05) is 26.8 Å². The number of aromatic hydroxyl groups is 1. The number of ketones is 1. The maximum atomic E-state index is 12.0. The second-order valence-corrected chi connectivity index (χ2v) is 6.11. The third kappa shape index (κ3) is 3.67. The van der Waals surface area contributed by atoms with E-state index in [9.17, 15) is 9.90 Å². The first-order valence-electron chi connectivity index (χ1n) is 6.42. The molecule has 0 unspecified atom stereocenters. The SMILES string of the molecule is COc1c(NCC#N)cc(C(=O)CBr)c(O)c1C(C)(C)C. The largest absolute Gasteiger partial charge is 0.507 e. The van der Waals surface area contributed by atoms with Crippen molar-refractivity contribution in [2.24, 2.45) is 0 Å². The molecule has 0 aromatic heterocycles. The van der Waals surface area contributed by atoms with Crippen LogP contribution in [0, 0.1) is 11.3 Å². The molecule has 5 nitrogen and oxygen atoms in total. The highest BCUT2D eigenvalue weighted by Gasteiger charge is 2.29. The molecule has 0 atom stereocenters. The Balaban J connectivity index is 3.66. The number of alkyl halides is 1. The number of phenols is 1. The molecule has 0 heterocycles. The van der Waals surface area contributed by atoms with E-state index in [0.29, 0.717) is 17.0 Å². The van der Waals surface area contributed by atoms with Crippen molar-refractivity contribution in [3.63, 3.8) is 0 Å². The van der Waals surface area contributed by atoms with Gasteiger partial charge in [-0.3, -0.25) is 4.79 Å². The van der Waals surface area contributed by atoms with Crippen LogP contribution >= 0.6 is 15.9 Å². The summed E-state index contributed by atoms with van der Waals surface area (Å²) in [5.41, 5.74) is 0.836. The van der Waals surface area contributed by atoms with Gasteiger partial charge in [-0.05, 0) is 11.5 Å². The summed E-state index contributed by atoms with van der Waals surface area (Å²) < 4.78 is 5.39. The number of nitrogens with zero attached hydrogens (tertiary/aromatic N) is 1. The van der Waals surface area contributed by atoms with Gasteiger partial charge in [0.2, 0.25) is 0 Å². The Kier molecular flexibility index (Phi) is 5.62. The summed E-state index contributed by atoms with van der Waals surface area (Å²) in [6.07, 6.45) is 0. The van der Waals surface area contributed by atoms with Crippen molar-refractivity contribution in [1.82, 2.24) is 0 Å². The van der Waals surface area contributed by atoms with Crippen molar-refractivity contribution < 1.29 is 14.6 Å². The Labute approximate surface area is 133 Å². The van der Waals surface area contributed by atoms with E-state index in [1.54, 1.807) is 0 Å². The molecule has 0 spiro atoms. The maximum absolute atomic E-state index is 12.0. The number of anilines is 1. The fraction of sp³-hybridized carbons (Fsp3) is 0.467. The zero-order chi connectivity index (χ0) is 16.2. The molecular formula is C15H19BrN2O3. The number of carbonyl (C=O) groups excluding carboxylic acids is 1. The molecule has 0 aliphatic carbocycles. The number of methoxy groups -OCH3 is 1. The van der Waals surface area contributed by atoms with E-state index < -0.39 is 5.41 Å². The van der Waals surface area contributed by atoms with Crippen molar-refractivity contribution in [1.29, 1.82) is 5.26 Å². The van der Waals surface area contributed by atoms with Crippen LogP contribution in [0.3, 0.4) is 0 Å². The number of nitriles is 1. The topological polar surface area (TPSA) is 82.3 Å². The molecular weight excluding hydrogens is 336 g/mol. The van der Waals surface area contributed by atoms with Crippen LogP contribution in [-0.2, 0) is 5.41 Å². The Morgan fingerprint density at radius 1 is 1.52 bits per heavy atom. The summed E-state index contributed by atoms with van der Waals surface area (Å²) in [5, 5.41) is 22.2. The number of rotatable bonds is 5. The van der Waals surface area contributed by atoms with E-state index in [0.717, 1.165) is 0 Å². The fourth-order valence-corrected chi connectivity index (χ4v) is 2.42. The lowest BCUT2D eigenvalue weighted by atomic mass is 9.83. The molecule has 0 amide bonds. The maximum Gasteiger partial charge on any atom is 0.177 e. The Bertz CT molecular complexity index is 586. The summed E-state index contributed by atoms with van der Waals surface area (Å²) >= 11 is 3.11. The number of hydrogen-bond acceptors (Lipinski definition) is 5. The number of nitrogens with one attached hydrogen (secondary N) is 1. The summed E-state index contributed by atoms with van der Waals surface area (Å²) in [5.74, 6) is 0.133. The van der Waals surface area contributed by atoms with Crippen LogP contribution in [0.4, 0.5) is 5.69 Å². The average Bonchev–Trinajstić information content (AvgIpc) is 2.42. The van der Waals surface area contributed by atoms with Crippen LogP contribution in [0.25, 0.3) is 0 Å². The van der Waals surface area contributed by atoms with Gasteiger partial charge in [-0.2, -0.15) is 5.26 Å². The second-order valence-electron chi connectivity index (χ2n) is 5.55. The summed E-state index contributed by atoms with van der Waals surface area (Å²) in [7, 11) is 1.49. The highest BCUT2D eigenvalue weighted by Crippen LogP contribution is 2.45. The molecule has 0 fully saturated rings. The highest BCUT2D eigenvalue weighted by molar-refractivity contribution is 9.09. The second kappa shape index (κ2) is 6.81. The lowest BCUT2D eigenvalue weighted by molar-refractivity contribution is 0.102. The van der Waals surface area contributed by atoms with Crippen molar-refractivity contribution in [3.05, 3.63) is 17.2 Å². The summed E-state index contributed by atoms with van der Waals surface area (Å²) in [6.45, 7) is 5.83. The summed E-state index contributed by atoms with van der Waals surface area (Å²) in [4.78, 5) is 12.0. The molecule has 0 aliphatic rings. The van der Waals surface area contributed by atoms with Gasteiger partial charge in [0.05, 0.1) is 29.8 Å².